The lowest BCUT2D eigenvalue weighted by Gasteiger charge is -2.36. The van der Waals surface area contributed by atoms with Crippen molar-refractivity contribution < 1.29 is 23.7 Å². The van der Waals surface area contributed by atoms with Crippen LogP contribution in [0.2, 0.25) is 0 Å². The third-order valence-electron chi connectivity index (χ3n) is 5.47. The van der Waals surface area contributed by atoms with Gasteiger partial charge in [-0.2, -0.15) is 0 Å². The minimum atomic E-state index is -0.896. The van der Waals surface area contributed by atoms with E-state index in [1.807, 2.05) is 91.0 Å². The van der Waals surface area contributed by atoms with E-state index in [4.69, 9.17) is 18.9 Å². The first-order valence-corrected chi connectivity index (χ1v) is 11.0. The molecule has 1 heterocycles. The molecule has 4 rings (SSSR count). The number of carbonyl (C=O) groups excluding carboxylic acids is 1. The smallest absolute Gasteiger partial charge is 0.339 e. The summed E-state index contributed by atoms with van der Waals surface area (Å²) in [5, 5.41) is 0. The van der Waals surface area contributed by atoms with Gasteiger partial charge in [0.25, 0.3) is 0 Å². The normalized spacial score (nSPS) is 20.4. The molecule has 0 amide bonds. The van der Waals surface area contributed by atoms with Crippen LogP contribution < -0.4 is 0 Å². The minimum absolute atomic E-state index is 0.204. The highest BCUT2D eigenvalue weighted by Gasteiger charge is 2.43. The van der Waals surface area contributed by atoms with Gasteiger partial charge in [0, 0.05) is 0 Å². The lowest BCUT2D eigenvalue weighted by molar-refractivity contribution is -0.186. The van der Waals surface area contributed by atoms with Crippen molar-refractivity contribution in [3.8, 4) is 0 Å². The van der Waals surface area contributed by atoms with Crippen molar-refractivity contribution in [1.29, 1.82) is 0 Å². The van der Waals surface area contributed by atoms with Crippen LogP contribution in [0.3, 0.4) is 0 Å². The summed E-state index contributed by atoms with van der Waals surface area (Å²) in [7, 11) is 0. The second kappa shape index (κ2) is 11.6. The second-order valence-corrected chi connectivity index (χ2v) is 7.94. The summed E-state index contributed by atoms with van der Waals surface area (Å²) < 4.78 is 23.6. The van der Waals surface area contributed by atoms with E-state index in [9.17, 15) is 4.79 Å². The molecule has 5 nitrogen and oxygen atoms in total. The predicted molar refractivity (Wildman–Crippen MR) is 125 cm³/mol. The molecule has 0 saturated carbocycles. The monoisotopic (exact) mass is 444 g/mol. The molecule has 1 fully saturated rings. The van der Waals surface area contributed by atoms with Gasteiger partial charge in [0.15, 0.2) is 6.10 Å². The van der Waals surface area contributed by atoms with E-state index in [0.717, 1.165) is 16.7 Å². The van der Waals surface area contributed by atoms with Gasteiger partial charge in [-0.3, -0.25) is 0 Å². The standard InChI is InChI=1S/C28H28O5/c1-21-25(20-30-17-22-11-5-2-6-12-22)33-28(29)27(32-19-24-15-9-4-10-16-24)26(21)31-18-23-13-7-3-8-14-23/h2-16,25-27H,1,17-20H2/t25-,26+,27-/m1/s1. The summed E-state index contributed by atoms with van der Waals surface area (Å²) >= 11 is 0. The number of carbonyl (C=O) groups is 1. The Morgan fingerprint density at radius 2 is 1.12 bits per heavy atom. The number of ether oxygens (including phenoxy) is 4. The van der Waals surface area contributed by atoms with Crippen LogP contribution in [0, 0.1) is 0 Å². The van der Waals surface area contributed by atoms with E-state index in [2.05, 4.69) is 6.58 Å². The SMILES string of the molecule is C=C1[C@@H](COCc2ccccc2)OC(=O)[C@H](OCc2ccccc2)[C@H]1OCc1ccccc1. The molecule has 1 aliphatic rings. The van der Waals surface area contributed by atoms with Crippen LogP contribution in [0.15, 0.2) is 103 Å². The largest absolute Gasteiger partial charge is 0.453 e. The number of hydrogen-bond acceptors (Lipinski definition) is 5. The average Bonchev–Trinajstić information content (AvgIpc) is 2.86. The Morgan fingerprint density at radius 3 is 1.64 bits per heavy atom. The molecule has 3 aromatic rings. The maximum atomic E-state index is 12.9. The molecule has 0 aliphatic carbocycles. The highest BCUT2D eigenvalue weighted by molar-refractivity contribution is 5.78. The number of benzene rings is 3. The number of cyclic esters (lactones) is 1. The zero-order valence-corrected chi connectivity index (χ0v) is 18.5. The van der Waals surface area contributed by atoms with Gasteiger partial charge in [-0.1, -0.05) is 97.6 Å². The van der Waals surface area contributed by atoms with Crippen LogP contribution in [0.5, 0.6) is 0 Å². The van der Waals surface area contributed by atoms with Crippen molar-refractivity contribution in [2.45, 2.75) is 38.1 Å². The van der Waals surface area contributed by atoms with Crippen LogP contribution in [0.1, 0.15) is 16.7 Å². The van der Waals surface area contributed by atoms with Crippen LogP contribution in [-0.2, 0) is 43.6 Å². The highest BCUT2D eigenvalue weighted by atomic mass is 16.6. The zero-order chi connectivity index (χ0) is 22.9. The lowest BCUT2D eigenvalue weighted by Crippen LogP contribution is -2.50. The molecule has 0 aromatic heterocycles. The average molecular weight is 445 g/mol. The van der Waals surface area contributed by atoms with E-state index in [-0.39, 0.29) is 13.2 Å². The summed E-state index contributed by atoms with van der Waals surface area (Å²) in [6.07, 6.45) is -2.13. The molecule has 0 bridgehead atoms. The van der Waals surface area contributed by atoms with E-state index in [1.165, 1.54) is 0 Å². The fraction of sp³-hybridized carbons (Fsp3) is 0.250. The Hall–Kier alpha value is -3.25. The van der Waals surface area contributed by atoms with Crippen LogP contribution in [-0.4, -0.2) is 30.9 Å². The molecule has 5 heteroatoms. The molecular weight excluding hydrogens is 416 g/mol. The van der Waals surface area contributed by atoms with Gasteiger partial charge in [-0.05, 0) is 22.3 Å². The van der Waals surface area contributed by atoms with Crippen molar-refractivity contribution in [2.75, 3.05) is 6.61 Å². The number of esters is 1. The molecule has 0 radical (unpaired) electrons. The Morgan fingerprint density at radius 1 is 0.667 bits per heavy atom. The fourth-order valence-electron chi connectivity index (χ4n) is 3.65. The molecule has 3 aromatic carbocycles. The van der Waals surface area contributed by atoms with Gasteiger partial charge >= 0.3 is 5.97 Å². The predicted octanol–water partition coefficient (Wildman–Crippen LogP) is 4.86. The maximum Gasteiger partial charge on any atom is 0.339 e. The van der Waals surface area contributed by atoms with Crippen molar-refractivity contribution in [3.05, 3.63) is 120 Å². The van der Waals surface area contributed by atoms with Gasteiger partial charge < -0.3 is 18.9 Å². The van der Waals surface area contributed by atoms with E-state index in [0.29, 0.717) is 18.8 Å². The summed E-state index contributed by atoms with van der Waals surface area (Å²) in [6, 6.07) is 29.3. The van der Waals surface area contributed by atoms with Gasteiger partial charge in [-0.25, -0.2) is 4.79 Å². The summed E-state index contributed by atoms with van der Waals surface area (Å²) in [4.78, 5) is 12.9. The van der Waals surface area contributed by atoms with Gasteiger partial charge in [0.05, 0.1) is 26.4 Å². The number of hydrogen-bond donors (Lipinski definition) is 0. The summed E-state index contributed by atoms with van der Waals surface area (Å²) in [6.45, 7) is 5.43. The minimum Gasteiger partial charge on any atom is -0.453 e. The zero-order valence-electron chi connectivity index (χ0n) is 18.5. The molecule has 0 spiro atoms. The summed E-state index contributed by atoms with van der Waals surface area (Å²) in [5.41, 5.74) is 3.65. The lowest BCUT2D eigenvalue weighted by atomic mass is 9.97. The third kappa shape index (κ3) is 6.39. The van der Waals surface area contributed by atoms with E-state index in [1.54, 1.807) is 0 Å². The Bertz CT molecular complexity index is 1020. The Balaban J connectivity index is 1.42. The fourth-order valence-corrected chi connectivity index (χ4v) is 3.65. The van der Waals surface area contributed by atoms with E-state index >= 15 is 0 Å². The van der Waals surface area contributed by atoms with Crippen molar-refractivity contribution in [2.24, 2.45) is 0 Å². The first-order valence-electron chi connectivity index (χ1n) is 11.0. The van der Waals surface area contributed by atoms with Crippen LogP contribution in [0.4, 0.5) is 0 Å². The Labute approximate surface area is 194 Å². The third-order valence-corrected chi connectivity index (χ3v) is 5.47. The summed E-state index contributed by atoms with van der Waals surface area (Å²) in [5.74, 6) is -0.468. The van der Waals surface area contributed by atoms with Crippen molar-refractivity contribution in [3.63, 3.8) is 0 Å². The van der Waals surface area contributed by atoms with Crippen molar-refractivity contribution >= 4 is 5.97 Å². The highest BCUT2D eigenvalue weighted by Crippen LogP contribution is 2.28. The molecule has 0 unspecified atom stereocenters. The Kier molecular flexibility index (Phi) is 8.04. The van der Waals surface area contributed by atoms with Gasteiger partial charge in [-0.15, -0.1) is 0 Å². The molecular formula is C28H28O5. The maximum absolute atomic E-state index is 12.9. The second-order valence-electron chi connectivity index (χ2n) is 7.94. The van der Waals surface area contributed by atoms with Gasteiger partial charge in [0.2, 0.25) is 0 Å². The molecule has 170 valence electrons. The molecule has 3 atom stereocenters. The quantitative estimate of drug-likeness (QED) is 0.330. The van der Waals surface area contributed by atoms with Crippen molar-refractivity contribution in [1.82, 2.24) is 0 Å². The van der Waals surface area contributed by atoms with E-state index < -0.39 is 24.3 Å². The topological polar surface area (TPSA) is 54.0 Å². The first-order chi connectivity index (χ1) is 16.2. The molecule has 1 saturated heterocycles. The molecule has 0 N–H and O–H groups in total. The number of rotatable bonds is 10. The first kappa shape index (κ1) is 22.9. The van der Waals surface area contributed by atoms with Crippen LogP contribution >= 0.6 is 0 Å². The molecule has 33 heavy (non-hydrogen) atoms. The van der Waals surface area contributed by atoms with Gasteiger partial charge in [0.1, 0.15) is 12.2 Å². The molecule has 1 aliphatic heterocycles. The van der Waals surface area contributed by atoms with Crippen LogP contribution in [0.25, 0.3) is 0 Å².